The summed E-state index contributed by atoms with van der Waals surface area (Å²) in [4.78, 5) is 24.3. The zero-order valence-corrected chi connectivity index (χ0v) is 10.5. The van der Waals surface area contributed by atoms with Crippen molar-refractivity contribution >= 4 is 17.7 Å². The monoisotopic (exact) mass is 247 g/mol. The molecule has 0 aliphatic carbocycles. The Balaban J connectivity index is 1.92. The van der Waals surface area contributed by atoms with Gasteiger partial charge in [0.2, 0.25) is 11.9 Å². The molecule has 0 radical (unpaired) electrons. The Morgan fingerprint density at radius 2 is 2.28 bits per heavy atom. The fraction of sp³-hybridized carbons (Fsp3) is 0.583. The third-order valence-electron chi connectivity index (χ3n) is 3.64. The summed E-state index contributed by atoms with van der Waals surface area (Å²) in [6.45, 7) is 1.67. The van der Waals surface area contributed by atoms with E-state index in [0.29, 0.717) is 12.4 Å². The van der Waals surface area contributed by atoms with Crippen LogP contribution in [0.25, 0.3) is 0 Å². The second-order valence-electron chi connectivity index (χ2n) is 4.97. The lowest BCUT2D eigenvalue weighted by Crippen LogP contribution is -2.33. The number of rotatable bonds is 1. The predicted molar refractivity (Wildman–Crippen MR) is 68.6 cm³/mol. The van der Waals surface area contributed by atoms with Gasteiger partial charge in [-0.1, -0.05) is 0 Å². The number of anilines is 2. The van der Waals surface area contributed by atoms with Crippen molar-refractivity contribution in [3.05, 3.63) is 11.8 Å². The molecule has 1 amide bonds. The summed E-state index contributed by atoms with van der Waals surface area (Å²) in [7, 11) is 1.77. The maximum atomic E-state index is 11.7. The van der Waals surface area contributed by atoms with Crippen molar-refractivity contribution < 1.29 is 4.79 Å². The molecule has 18 heavy (non-hydrogen) atoms. The molecule has 2 aliphatic rings. The minimum Gasteiger partial charge on any atom is -0.339 e. The molecule has 1 saturated heterocycles. The van der Waals surface area contributed by atoms with E-state index < -0.39 is 0 Å². The van der Waals surface area contributed by atoms with Crippen molar-refractivity contribution in [3.63, 3.8) is 0 Å². The van der Waals surface area contributed by atoms with Gasteiger partial charge in [-0.25, -0.2) is 4.98 Å². The first kappa shape index (κ1) is 11.4. The highest BCUT2D eigenvalue weighted by atomic mass is 16.2. The van der Waals surface area contributed by atoms with Crippen LogP contribution < -0.4 is 15.5 Å². The van der Waals surface area contributed by atoms with E-state index in [4.69, 9.17) is 5.73 Å². The quantitative estimate of drug-likeness (QED) is 0.751. The molecule has 1 aromatic heterocycles. The molecule has 1 fully saturated rings. The normalized spacial score (nSPS) is 23.4. The van der Waals surface area contributed by atoms with Gasteiger partial charge in [-0.15, -0.1) is 0 Å². The van der Waals surface area contributed by atoms with Crippen LogP contribution in [-0.4, -0.2) is 42.1 Å². The van der Waals surface area contributed by atoms with Gasteiger partial charge in [-0.05, 0) is 12.8 Å². The molecule has 0 aromatic carbocycles. The molecule has 1 aromatic rings. The highest BCUT2D eigenvalue weighted by molar-refractivity contribution is 5.94. The summed E-state index contributed by atoms with van der Waals surface area (Å²) in [6.07, 6.45) is 4.08. The molecule has 1 unspecified atom stereocenters. The van der Waals surface area contributed by atoms with Crippen molar-refractivity contribution in [2.45, 2.75) is 25.3 Å². The SMILES string of the molecule is CN1C(=O)CCc2cnc(N3CCC(N)C3)nc21. The van der Waals surface area contributed by atoms with Gasteiger partial charge in [0.1, 0.15) is 5.82 Å². The minimum atomic E-state index is 0.116. The van der Waals surface area contributed by atoms with Gasteiger partial charge >= 0.3 is 0 Å². The van der Waals surface area contributed by atoms with Crippen molar-refractivity contribution in [2.24, 2.45) is 5.73 Å². The average molecular weight is 247 g/mol. The second-order valence-corrected chi connectivity index (χ2v) is 4.97. The molecular formula is C12H17N5O. The van der Waals surface area contributed by atoms with Gasteiger partial charge in [-0.2, -0.15) is 4.98 Å². The largest absolute Gasteiger partial charge is 0.339 e. The number of aromatic nitrogens is 2. The number of fused-ring (bicyclic) bond motifs is 1. The third-order valence-corrected chi connectivity index (χ3v) is 3.64. The number of hydrogen-bond donors (Lipinski definition) is 1. The summed E-state index contributed by atoms with van der Waals surface area (Å²) >= 11 is 0. The second kappa shape index (κ2) is 4.20. The van der Waals surface area contributed by atoms with E-state index in [-0.39, 0.29) is 11.9 Å². The van der Waals surface area contributed by atoms with Crippen molar-refractivity contribution in [1.29, 1.82) is 0 Å². The molecule has 2 aliphatic heterocycles. The topological polar surface area (TPSA) is 75.4 Å². The molecule has 2 N–H and O–H groups in total. The van der Waals surface area contributed by atoms with Crippen LogP contribution in [0.4, 0.5) is 11.8 Å². The highest BCUT2D eigenvalue weighted by Gasteiger charge is 2.26. The Kier molecular flexibility index (Phi) is 2.66. The van der Waals surface area contributed by atoms with Crippen LogP contribution in [0.1, 0.15) is 18.4 Å². The smallest absolute Gasteiger partial charge is 0.228 e. The fourth-order valence-electron chi connectivity index (χ4n) is 2.50. The summed E-state index contributed by atoms with van der Waals surface area (Å²) in [5.74, 6) is 1.55. The lowest BCUT2D eigenvalue weighted by atomic mass is 10.1. The van der Waals surface area contributed by atoms with Gasteiger partial charge < -0.3 is 10.6 Å². The van der Waals surface area contributed by atoms with E-state index >= 15 is 0 Å². The zero-order valence-electron chi connectivity index (χ0n) is 10.5. The van der Waals surface area contributed by atoms with Crippen molar-refractivity contribution in [3.8, 4) is 0 Å². The Morgan fingerprint density at radius 3 is 3.00 bits per heavy atom. The number of amides is 1. The van der Waals surface area contributed by atoms with Crippen LogP contribution in [0.5, 0.6) is 0 Å². The highest BCUT2D eigenvalue weighted by Crippen LogP contribution is 2.26. The molecule has 6 heteroatoms. The number of aryl methyl sites for hydroxylation is 1. The molecular weight excluding hydrogens is 230 g/mol. The van der Waals surface area contributed by atoms with E-state index in [9.17, 15) is 4.79 Å². The molecule has 96 valence electrons. The Labute approximate surface area is 106 Å². The van der Waals surface area contributed by atoms with Gasteiger partial charge in [-0.3, -0.25) is 9.69 Å². The van der Waals surface area contributed by atoms with E-state index in [0.717, 1.165) is 37.3 Å². The Bertz CT molecular complexity index is 489. The number of carbonyl (C=O) groups is 1. The molecule has 0 spiro atoms. The van der Waals surface area contributed by atoms with Gasteiger partial charge in [0.25, 0.3) is 0 Å². The van der Waals surface area contributed by atoms with E-state index in [1.807, 2.05) is 6.20 Å². The number of nitrogens with two attached hydrogens (primary N) is 1. The Morgan fingerprint density at radius 1 is 1.44 bits per heavy atom. The molecule has 3 rings (SSSR count). The van der Waals surface area contributed by atoms with Gasteiger partial charge in [0.15, 0.2) is 0 Å². The first-order chi connectivity index (χ1) is 8.65. The van der Waals surface area contributed by atoms with Crippen LogP contribution in [0.3, 0.4) is 0 Å². The molecule has 6 nitrogen and oxygen atoms in total. The molecule has 0 bridgehead atoms. The van der Waals surface area contributed by atoms with Crippen molar-refractivity contribution in [1.82, 2.24) is 9.97 Å². The maximum absolute atomic E-state index is 11.7. The predicted octanol–water partition coefficient (Wildman–Crippen LogP) is -0.0770. The van der Waals surface area contributed by atoms with Crippen LogP contribution >= 0.6 is 0 Å². The standard InChI is InChI=1S/C12H17N5O/c1-16-10(18)3-2-8-6-14-12(15-11(8)16)17-5-4-9(13)7-17/h6,9H,2-5,7,13H2,1H3. The summed E-state index contributed by atoms with van der Waals surface area (Å²) in [5.41, 5.74) is 6.93. The van der Waals surface area contributed by atoms with Crippen LogP contribution in [0.2, 0.25) is 0 Å². The summed E-state index contributed by atoms with van der Waals surface area (Å²) < 4.78 is 0. The van der Waals surface area contributed by atoms with Crippen molar-refractivity contribution in [2.75, 3.05) is 29.9 Å². The third kappa shape index (κ3) is 1.82. The lowest BCUT2D eigenvalue weighted by Gasteiger charge is -2.26. The van der Waals surface area contributed by atoms with Crippen LogP contribution in [-0.2, 0) is 11.2 Å². The minimum absolute atomic E-state index is 0.116. The Hall–Kier alpha value is -1.69. The van der Waals surface area contributed by atoms with E-state index in [1.54, 1.807) is 11.9 Å². The molecule has 3 heterocycles. The van der Waals surface area contributed by atoms with Crippen LogP contribution in [0, 0.1) is 0 Å². The summed E-state index contributed by atoms with van der Waals surface area (Å²) in [5, 5.41) is 0. The average Bonchev–Trinajstić information content (AvgIpc) is 2.80. The molecule has 0 saturated carbocycles. The number of carbonyl (C=O) groups excluding carboxylic acids is 1. The first-order valence-electron chi connectivity index (χ1n) is 6.28. The van der Waals surface area contributed by atoms with Gasteiger partial charge in [0.05, 0.1) is 0 Å². The zero-order chi connectivity index (χ0) is 12.7. The number of nitrogens with zero attached hydrogens (tertiary/aromatic N) is 4. The lowest BCUT2D eigenvalue weighted by molar-refractivity contribution is -0.118. The molecule has 1 atom stereocenters. The van der Waals surface area contributed by atoms with Gasteiger partial charge in [0, 0.05) is 44.4 Å². The first-order valence-corrected chi connectivity index (χ1v) is 6.28. The maximum Gasteiger partial charge on any atom is 0.228 e. The summed E-state index contributed by atoms with van der Waals surface area (Å²) in [6, 6.07) is 0.198. The van der Waals surface area contributed by atoms with E-state index in [1.165, 1.54) is 0 Å². The fourth-order valence-corrected chi connectivity index (χ4v) is 2.50. The van der Waals surface area contributed by atoms with Crippen LogP contribution in [0.15, 0.2) is 6.20 Å². The van der Waals surface area contributed by atoms with E-state index in [2.05, 4.69) is 14.9 Å². The number of hydrogen-bond acceptors (Lipinski definition) is 5.